The number of hydrogen-bond acceptors (Lipinski definition) is 1. The van der Waals surface area contributed by atoms with Crippen molar-refractivity contribution in [1.82, 2.24) is 0 Å². The largest absolute Gasteiger partial charge is 0.385 e. The van der Waals surface area contributed by atoms with Gasteiger partial charge in [-0.2, -0.15) is 0 Å². The van der Waals surface area contributed by atoms with Crippen molar-refractivity contribution in [3.05, 3.63) is 0 Å². The molecule has 0 aromatic carbocycles. The third-order valence-electron chi connectivity index (χ3n) is 2.58. The van der Waals surface area contributed by atoms with Crippen molar-refractivity contribution >= 4 is 9.24 Å². The molecular weight excluding hydrogens is 179 g/mol. The summed E-state index contributed by atoms with van der Waals surface area (Å²) < 4.78 is 5.15. The number of ether oxygens (including phenoxy) is 1. The molecule has 0 aliphatic heterocycles. The fourth-order valence-corrected chi connectivity index (χ4v) is 2.32. The van der Waals surface area contributed by atoms with Gasteiger partial charge in [-0.1, -0.05) is 33.1 Å². The van der Waals surface area contributed by atoms with Crippen LogP contribution >= 0.6 is 9.24 Å². The van der Waals surface area contributed by atoms with Gasteiger partial charge < -0.3 is 4.74 Å². The number of unbranched alkanes of at least 4 members (excludes halogenated alkanes) is 1. The first-order chi connectivity index (χ1) is 6.18. The highest BCUT2D eigenvalue weighted by Gasteiger charge is 2.22. The highest BCUT2D eigenvalue weighted by atomic mass is 31.0. The second-order valence-electron chi connectivity index (χ2n) is 3.96. The Bertz CT molecular complexity index is 107. The Hall–Kier alpha value is 0.390. The summed E-state index contributed by atoms with van der Waals surface area (Å²) in [6.45, 7) is 5.41. The summed E-state index contributed by atoms with van der Waals surface area (Å²) in [7, 11) is 4.85. The van der Waals surface area contributed by atoms with E-state index in [1.807, 2.05) is 0 Å². The lowest BCUT2D eigenvalue weighted by Gasteiger charge is -2.28. The molecule has 1 nitrogen and oxygen atoms in total. The summed E-state index contributed by atoms with van der Waals surface area (Å²) >= 11 is 0. The quantitative estimate of drug-likeness (QED) is 0.549. The molecule has 0 heterocycles. The molecule has 0 spiro atoms. The van der Waals surface area contributed by atoms with Gasteiger partial charge in [0.2, 0.25) is 0 Å². The van der Waals surface area contributed by atoms with Gasteiger partial charge in [0.25, 0.3) is 0 Å². The maximum atomic E-state index is 5.15. The van der Waals surface area contributed by atoms with Crippen molar-refractivity contribution in [2.24, 2.45) is 0 Å². The van der Waals surface area contributed by atoms with Crippen LogP contribution in [-0.4, -0.2) is 18.9 Å². The Morgan fingerprint density at radius 2 is 1.77 bits per heavy atom. The minimum atomic E-state index is 0.445. The maximum absolute atomic E-state index is 5.15. The molecule has 2 heteroatoms. The van der Waals surface area contributed by atoms with Gasteiger partial charge in [-0.05, 0) is 24.4 Å². The molecule has 13 heavy (non-hydrogen) atoms. The Labute approximate surface area is 85.8 Å². The maximum Gasteiger partial charge on any atom is 0.0470 e. The molecule has 0 saturated heterocycles. The zero-order valence-electron chi connectivity index (χ0n) is 9.44. The lowest BCUT2D eigenvalue weighted by atomic mass is 9.93. The van der Waals surface area contributed by atoms with Crippen molar-refractivity contribution in [2.75, 3.05) is 13.7 Å². The van der Waals surface area contributed by atoms with Gasteiger partial charge in [0, 0.05) is 13.7 Å². The lowest BCUT2D eigenvalue weighted by molar-refractivity contribution is 0.179. The topological polar surface area (TPSA) is 9.23 Å². The van der Waals surface area contributed by atoms with Gasteiger partial charge in [0.05, 0.1) is 0 Å². The zero-order chi connectivity index (χ0) is 10.2. The number of rotatable bonds is 8. The van der Waals surface area contributed by atoms with Crippen molar-refractivity contribution in [2.45, 2.75) is 57.5 Å². The Morgan fingerprint density at radius 1 is 1.08 bits per heavy atom. The summed E-state index contributed by atoms with van der Waals surface area (Å²) in [4.78, 5) is 0. The minimum Gasteiger partial charge on any atom is -0.385 e. The highest BCUT2D eigenvalue weighted by molar-refractivity contribution is 7.19. The highest BCUT2D eigenvalue weighted by Crippen LogP contribution is 2.34. The minimum absolute atomic E-state index is 0.445. The summed E-state index contributed by atoms with van der Waals surface area (Å²) in [5, 5.41) is 0.445. The molecule has 0 aromatic rings. The van der Waals surface area contributed by atoms with E-state index < -0.39 is 0 Å². The van der Waals surface area contributed by atoms with Crippen molar-refractivity contribution in [3.63, 3.8) is 0 Å². The number of hydrogen-bond donors (Lipinski definition) is 0. The van der Waals surface area contributed by atoms with Gasteiger partial charge in [-0.3, -0.25) is 0 Å². The molecule has 2 atom stereocenters. The molecule has 0 saturated carbocycles. The molecule has 0 bridgehead atoms. The second kappa shape index (κ2) is 7.76. The van der Waals surface area contributed by atoms with Crippen LogP contribution in [-0.2, 0) is 4.74 Å². The smallest absolute Gasteiger partial charge is 0.0470 e. The van der Waals surface area contributed by atoms with E-state index in [1.165, 1.54) is 38.5 Å². The predicted molar refractivity (Wildman–Crippen MR) is 63.4 cm³/mol. The Kier molecular flexibility index (Phi) is 8.00. The van der Waals surface area contributed by atoms with Crippen LogP contribution in [0.5, 0.6) is 0 Å². The van der Waals surface area contributed by atoms with Crippen LogP contribution in [0.2, 0.25) is 0 Å². The average molecular weight is 204 g/mol. The molecule has 0 rings (SSSR count). The van der Waals surface area contributed by atoms with Crippen LogP contribution < -0.4 is 0 Å². The summed E-state index contributed by atoms with van der Waals surface area (Å²) in [6.07, 6.45) is 7.73. The summed E-state index contributed by atoms with van der Waals surface area (Å²) in [6, 6.07) is 0. The van der Waals surface area contributed by atoms with Crippen molar-refractivity contribution in [3.8, 4) is 0 Å². The molecular formula is C11H25OP. The van der Waals surface area contributed by atoms with Crippen LogP contribution in [0.15, 0.2) is 0 Å². The molecule has 0 aliphatic carbocycles. The van der Waals surface area contributed by atoms with Gasteiger partial charge in [-0.15, -0.1) is 9.24 Å². The Balaban J connectivity index is 3.84. The molecule has 0 aliphatic rings. The van der Waals surface area contributed by atoms with E-state index in [9.17, 15) is 0 Å². The van der Waals surface area contributed by atoms with Crippen LogP contribution in [0.1, 0.15) is 52.4 Å². The van der Waals surface area contributed by atoms with Crippen molar-refractivity contribution in [1.29, 1.82) is 0 Å². The fraction of sp³-hybridized carbons (Fsp3) is 1.00. The van der Waals surface area contributed by atoms with E-state index in [-0.39, 0.29) is 0 Å². The van der Waals surface area contributed by atoms with E-state index >= 15 is 0 Å². The van der Waals surface area contributed by atoms with Gasteiger partial charge >= 0.3 is 0 Å². The SMILES string of the molecule is CCCCC(P)(CCC)CCOC. The standard InChI is InChI=1S/C11H25OP/c1-4-6-8-11(13,7-5-2)9-10-12-3/h4-10,13H2,1-3H3. The van der Waals surface area contributed by atoms with Gasteiger partial charge in [0.15, 0.2) is 0 Å². The third kappa shape index (κ3) is 6.46. The molecule has 0 radical (unpaired) electrons. The molecule has 0 N–H and O–H groups in total. The first kappa shape index (κ1) is 13.4. The Morgan fingerprint density at radius 3 is 2.23 bits per heavy atom. The van der Waals surface area contributed by atoms with E-state index in [0.717, 1.165) is 6.61 Å². The van der Waals surface area contributed by atoms with Crippen LogP contribution in [0.3, 0.4) is 0 Å². The van der Waals surface area contributed by atoms with Gasteiger partial charge in [-0.25, -0.2) is 0 Å². The zero-order valence-corrected chi connectivity index (χ0v) is 10.6. The second-order valence-corrected chi connectivity index (χ2v) is 5.18. The normalized spacial score (nSPS) is 15.7. The molecule has 80 valence electrons. The van der Waals surface area contributed by atoms with E-state index in [0.29, 0.717) is 5.16 Å². The van der Waals surface area contributed by atoms with E-state index in [1.54, 1.807) is 7.11 Å². The van der Waals surface area contributed by atoms with E-state index in [4.69, 9.17) is 4.74 Å². The monoisotopic (exact) mass is 204 g/mol. The fourth-order valence-electron chi connectivity index (χ4n) is 1.71. The third-order valence-corrected chi connectivity index (χ3v) is 3.45. The molecule has 0 amide bonds. The van der Waals surface area contributed by atoms with Crippen molar-refractivity contribution < 1.29 is 4.74 Å². The van der Waals surface area contributed by atoms with Gasteiger partial charge in [0.1, 0.15) is 0 Å². The number of methoxy groups -OCH3 is 1. The van der Waals surface area contributed by atoms with Crippen LogP contribution in [0.25, 0.3) is 0 Å². The average Bonchev–Trinajstić information content (AvgIpc) is 2.12. The summed E-state index contributed by atoms with van der Waals surface area (Å²) in [5.74, 6) is 0. The lowest BCUT2D eigenvalue weighted by Crippen LogP contribution is -2.22. The molecule has 2 unspecified atom stereocenters. The molecule has 0 fully saturated rings. The predicted octanol–water partition coefficient (Wildman–Crippen LogP) is 3.63. The first-order valence-corrected chi connectivity index (χ1v) is 6.04. The van der Waals surface area contributed by atoms with E-state index in [2.05, 4.69) is 23.1 Å². The summed E-state index contributed by atoms with van der Waals surface area (Å²) in [5.41, 5.74) is 0. The molecule has 0 aromatic heterocycles. The van der Waals surface area contributed by atoms with Crippen LogP contribution in [0.4, 0.5) is 0 Å². The van der Waals surface area contributed by atoms with Crippen LogP contribution in [0, 0.1) is 0 Å². The first-order valence-electron chi connectivity index (χ1n) is 5.46.